The van der Waals surface area contributed by atoms with Gasteiger partial charge in [0.2, 0.25) is 0 Å². The molecule has 0 aliphatic heterocycles. The molecule has 0 saturated heterocycles. The SMILES string of the molecule is [2H]C(Cc1ccccc1)[C@@H](O)n1ccnn1. The molecule has 2 atom stereocenters. The van der Waals surface area contributed by atoms with Crippen molar-refractivity contribution in [2.24, 2.45) is 0 Å². The van der Waals surface area contributed by atoms with E-state index in [0.29, 0.717) is 6.42 Å². The Balaban J connectivity index is 2.01. The van der Waals surface area contributed by atoms with Crippen LogP contribution in [-0.2, 0) is 6.42 Å². The summed E-state index contributed by atoms with van der Waals surface area (Å²) in [6.45, 7) is 0. The van der Waals surface area contributed by atoms with Gasteiger partial charge in [0, 0.05) is 7.57 Å². The van der Waals surface area contributed by atoms with Gasteiger partial charge in [-0.1, -0.05) is 35.5 Å². The quantitative estimate of drug-likeness (QED) is 0.819. The van der Waals surface area contributed by atoms with Crippen molar-refractivity contribution >= 4 is 0 Å². The van der Waals surface area contributed by atoms with E-state index in [-0.39, 0.29) is 0 Å². The van der Waals surface area contributed by atoms with Gasteiger partial charge < -0.3 is 5.11 Å². The first-order chi connectivity index (χ1) is 7.77. The van der Waals surface area contributed by atoms with E-state index in [2.05, 4.69) is 10.3 Å². The van der Waals surface area contributed by atoms with Gasteiger partial charge in [-0.15, -0.1) is 5.10 Å². The molecule has 78 valence electrons. The number of nitrogens with zero attached hydrogens (tertiary/aromatic N) is 3. The Bertz CT molecular complexity index is 418. The lowest BCUT2D eigenvalue weighted by Gasteiger charge is -2.09. The summed E-state index contributed by atoms with van der Waals surface area (Å²) in [6, 6.07) is 9.65. The van der Waals surface area contributed by atoms with E-state index >= 15 is 0 Å². The first kappa shape index (κ1) is 8.61. The van der Waals surface area contributed by atoms with Crippen LogP contribution in [0.25, 0.3) is 0 Å². The van der Waals surface area contributed by atoms with Crippen molar-refractivity contribution in [3.63, 3.8) is 0 Å². The molecule has 2 aromatic rings. The minimum Gasteiger partial charge on any atom is -0.372 e. The van der Waals surface area contributed by atoms with Crippen molar-refractivity contribution in [1.82, 2.24) is 15.0 Å². The van der Waals surface area contributed by atoms with Crippen LogP contribution in [0.15, 0.2) is 42.7 Å². The predicted octanol–water partition coefficient (Wildman–Crippen LogP) is 1.40. The Labute approximate surface area is 89.6 Å². The highest BCUT2D eigenvalue weighted by Gasteiger charge is 2.06. The van der Waals surface area contributed by atoms with Gasteiger partial charge in [0.1, 0.15) is 6.23 Å². The molecule has 1 aromatic heterocycles. The second-order valence-corrected chi connectivity index (χ2v) is 3.22. The normalized spacial score (nSPS) is 15.7. The fraction of sp³-hybridized carbons (Fsp3) is 0.273. The number of hydrogen-bond acceptors (Lipinski definition) is 3. The van der Waals surface area contributed by atoms with E-state index < -0.39 is 12.6 Å². The maximum Gasteiger partial charge on any atom is 0.149 e. The molecule has 1 heterocycles. The van der Waals surface area contributed by atoms with Gasteiger partial charge in [0.05, 0.1) is 6.20 Å². The van der Waals surface area contributed by atoms with Crippen molar-refractivity contribution in [3.8, 4) is 0 Å². The minimum absolute atomic E-state index is 0.488. The summed E-state index contributed by atoms with van der Waals surface area (Å²) >= 11 is 0. The molecule has 0 fully saturated rings. The summed E-state index contributed by atoms with van der Waals surface area (Å²) in [5, 5.41) is 17.1. The minimum atomic E-state index is -0.956. The van der Waals surface area contributed by atoms with Crippen molar-refractivity contribution in [2.75, 3.05) is 0 Å². The van der Waals surface area contributed by atoms with Crippen molar-refractivity contribution in [3.05, 3.63) is 48.3 Å². The average molecular weight is 204 g/mol. The van der Waals surface area contributed by atoms with Crippen LogP contribution in [-0.4, -0.2) is 20.1 Å². The Morgan fingerprint density at radius 2 is 2.20 bits per heavy atom. The van der Waals surface area contributed by atoms with Gasteiger partial charge in [-0.3, -0.25) is 0 Å². The van der Waals surface area contributed by atoms with Gasteiger partial charge >= 0.3 is 0 Å². The number of aliphatic hydroxyl groups is 1. The van der Waals surface area contributed by atoms with E-state index in [4.69, 9.17) is 1.37 Å². The number of aromatic nitrogens is 3. The number of aliphatic hydroxyl groups excluding tert-OH is 1. The van der Waals surface area contributed by atoms with Gasteiger partial charge in [-0.25, -0.2) is 4.68 Å². The van der Waals surface area contributed by atoms with Gasteiger partial charge in [-0.05, 0) is 18.4 Å². The highest BCUT2D eigenvalue weighted by Crippen LogP contribution is 2.10. The molecular formula is C11H13N3O. The number of benzene rings is 1. The second kappa shape index (κ2) is 4.70. The summed E-state index contributed by atoms with van der Waals surface area (Å²) in [5.41, 5.74) is 1.03. The highest BCUT2D eigenvalue weighted by molar-refractivity contribution is 5.14. The lowest BCUT2D eigenvalue weighted by Crippen LogP contribution is -2.10. The average Bonchev–Trinajstić information content (AvgIpc) is 2.83. The van der Waals surface area contributed by atoms with Crippen LogP contribution < -0.4 is 0 Å². The molecule has 1 unspecified atom stereocenters. The first-order valence-corrected chi connectivity index (χ1v) is 4.77. The molecule has 4 heteroatoms. The third-order valence-electron chi connectivity index (χ3n) is 2.12. The molecule has 0 aliphatic carbocycles. The Kier molecular flexibility index (Phi) is 2.70. The first-order valence-electron chi connectivity index (χ1n) is 5.35. The van der Waals surface area contributed by atoms with E-state index in [1.165, 1.54) is 10.9 Å². The zero-order valence-electron chi connectivity index (χ0n) is 9.19. The fourth-order valence-corrected chi connectivity index (χ4v) is 1.32. The molecule has 0 spiro atoms. The maximum atomic E-state index is 9.81. The molecule has 4 nitrogen and oxygen atoms in total. The molecule has 0 amide bonds. The Morgan fingerprint density at radius 3 is 2.87 bits per heavy atom. The summed E-state index contributed by atoms with van der Waals surface area (Å²) in [4.78, 5) is 0. The largest absolute Gasteiger partial charge is 0.372 e. The monoisotopic (exact) mass is 204 g/mol. The molecule has 2 rings (SSSR count). The molecule has 0 radical (unpaired) electrons. The van der Waals surface area contributed by atoms with Crippen LogP contribution in [0.5, 0.6) is 0 Å². The maximum absolute atomic E-state index is 9.81. The second-order valence-electron chi connectivity index (χ2n) is 3.22. The fourth-order valence-electron chi connectivity index (χ4n) is 1.32. The molecule has 1 aromatic carbocycles. The Morgan fingerprint density at radius 1 is 1.40 bits per heavy atom. The lowest BCUT2D eigenvalue weighted by molar-refractivity contribution is 0.0799. The highest BCUT2D eigenvalue weighted by atomic mass is 16.3. The van der Waals surface area contributed by atoms with Gasteiger partial charge in [-0.2, -0.15) is 0 Å². The molecular weight excluding hydrogens is 190 g/mol. The van der Waals surface area contributed by atoms with Crippen molar-refractivity contribution < 1.29 is 6.48 Å². The van der Waals surface area contributed by atoms with E-state index in [1.807, 2.05) is 30.3 Å². The number of hydrogen-bond donors (Lipinski definition) is 1. The predicted molar refractivity (Wildman–Crippen MR) is 56.0 cm³/mol. The topological polar surface area (TPSA) is 50.9 Å². The molecule has 0 bridgehead atoms. The van der Waals surface area contributed by atoms with Crippen LogP contribution in [0.1, 0.15) is 19.6 Å². The van der Waals surface area contributed by atoms with Crippen LogP contribution >= 0.6 is 0 Å². The zero-order valence-corrected chi connectivity index (χ0v) is 8.19. The van der Waals surface area contributed by atoms with E-state index in [0.717, 1.165) is 5.56 Å². The van der Waals surface area contributed by atoms with E-state index in [1.54, 1.807) is 6.20 Å². The Hall–Kier alpha value is -1.68. The lowest BCUT2D eigenvalue weighted by atomic mass is 10.1. The third kappa shape index (κ3) is 2.63. The van der Waals surface area contributed by atoms with Crippen LogP contribution in [0.2, 0.25) is 0 Å². The van der Waals surface area contributed by atoms with Crippen molar-refractivity contribution in [2.45, 2.75) is 19.0 Å². The molecule has 0 aliphatic rings. The van der Waals surface area contributed by atoms with Crippen molar-refractivity contribution in [1.29, 1.82) is 0 Å². The van der Waals surface area contributed by atoms with Gasteiger partial charge in [0.15, 0.2) is 0 Å². The number of aryl methyl sites for hydroxylation is 1. The summed E-state index contributed by atoms with van der Waals surface area (Å²) in [5.74, 6) is 0. The summed E-state index contributed by atoms with van der Waals surface area (Å²) in [6.07, 6.45) is 1.92. The third-order valence-corrected chi connectivity index (χ3v) is 2.12. The van der Waals surface area contributed by atoms with Gasteiger partial charge in [0.25, 0.3) is 0 Å². The standard InChI is InChI=1S/C11H13N3O/c15-11(14-9-8-12-13-14)7-6-10-4-2-1-3-5-10/h1-5,8-9,11,15H,6-7H2/t11-/m1/s1/i7D/t7?,11-. The smallest absolute Gasteiger partial charge is 0.149 e. The molecule has 0 saturated carbocycles. The van der Waals surface area contributed by atoms with Crippen LogP contribution in [0.4, 0.5) is 0 Å². The number of rotatable bonds is 4. The zero-order chi connectivity index (χ0) is 11.4. The van der Waals surface area contributed by atoms with Crippen LogP contribution in [0.3, 0.4) is 0 Å². The summed E-state index contributed by atoms with van der Waals surface area (Å²) in [7, 11) is 0. The molecule has 15 heavy (non-hydrogen) atoms. The molecule has 1 N–H and O–H groups in total. The summed E-state index contributed by atoms with van der Waals surface area (Å²) < 4.78 is 9.15. The van der Waals surface area contributed by atoms with Crippen LogP contribution in [0, 0.1) is 0 Å². The van der Waals surface area contributed by atoms with E-state index in [9.17, 15) is 5.11 Å².